The zero-order valence-electron chi connectivity index (χ0n) is 20.4. The lowest BCUT2D eigenvalue weighted by Gasteiger charge is -2.17. The molecule has 2 fully saturated rings. The molecule has 178 valence electrons. The quantitative estimate of drug-likeness (QED) is 0.410. The van der Waals surface area contributed by atoms with Crippen molar-refractivity contribution in [3.8, 4) is 33.9 Å². The van der Waals surface area contributed by atoms with Gasteiger partial charge in [0.25, 0.3) is 0 Å². The fourth-order valence-electron chi connectivity index (χ4n) is 4.52. The normalized spacial score (nSPS) is 17.1. The van der Waals surface area contributed by atoms with Crippen LogP contribution in [0.4, 0.5) is 0 Å². The highest BCUT2D eigenvalue weighted by atomic mass is 16.7. The molecular weight excluding hydrogens is 450 g/mol. The number of hydrogen-bond donors (Lipinski definition) is 0. The highest BCUT2D eigenvalue weighted by Gasteiger charge is 2.39. The second-order valence-corrected chi connectivity index (χ2v) is 9.68. The standard InChI is InChI=1S/C28H26B2N2O4/c1-28(2)19-35-30(36-28)24-16-22(15-23(17-24)29-33-13-14-34-29)27-31-25(20-9-5-3-6-10-20)18-26(32-27)21-11-7-4-8-12-21/h3-12,15-18H,13-14,19H2,1-2H3. The SMILES string of the molecule is CC1(C)COB(c2cc(B3OCCO3)cc(-c3nc(-c4ccccc4)cc(-c4ccccc4)n3)c2)O1. The van der Waals surface area contributed by atoms with Crippen molar-refractivity contribution < 1.29 is 18.6 Å². The minimum absolute atomic E-state index is 0.356. The first-order valence-corrected chi connectivity index (χ1v) is 12.2. The fourth-order valence-corrected chi connectivity index (χ4v) is 4.52. The van der Waals surface area contributed by atoms with E-state index in [9.17, 15) is 0 Å². The summed E-state index contributed by atoms with van der Waals surface area (Å²) in [7, 11) is -0.921. The molecule has 0 saturated carbocycles. The number of rotatable bonds is 5. The van der Waals surface area contributed by atoms with Gasteiger partial charge in [0.1, 0.15) is 0 Å². The van der Waals surface area contributed by atoms with Gasteiger partial charge in [-0.2, -0.15) is 0 Å². The molecule has 2 saturated heterocycles. The summed E-state index contributed by atoms with van der Waals surface area (Å²) in [6, 6.07) is 28.5. The lowest BCUT2D eigenvalue weighted by Crippen LogP contribution is -2.40. The summed E-state index contributed by atoms with van der Waals surface area (Å²) in [6.07, 6.45) is 0. The van der Waals surface area contributed by atoms with Gasteiger partial charge in [-0.3, -0.25) is 0 Å². The van der Waals surface area contributed by atoms with Crippen LogP contribution >= 0.6 is 0 Å². The molecule has 0 bridgehead atoms. The maximum Gasteiger partial charge on any atom is 0.494 e. The van der Waals surface area contributed by atoms with Crippen LogP contribution in [0.5, 0.6) is 0 Å². The minimum atomic E-state index is -0.481. The van der Waals surface area contributed by atoms with E-state index in [0.717, 1.165) is 39.0 Å². The van der Waals surface area contributed by atoms with Crippen molar-refractivity contribution in [1.29, 1.82) is 0 Å². The topological polar surface area (TPSA) is 62.7 Å². The molecule has 0 radical (unpaired) electrons. The summed E-state index contributed by atoms with van der Waals surface area (Å²) >= 11 is 0. The van der Waals surface area contributed by atoms with Crippen LogP contribution in [-0.4, -0.2) is 49.6 Å². The summed E-state index contributed by atoms with van der Waals surface area (Å²) in [5, 5.41) is 0. The van der Waals surface area contributed by atoms with Gasteiger partial charge in [-0.05, 0) is 30.8 Å². The molecule has 4 aromatic rings. The second-order valence-electron chi connectivity index (χ2n) is 9.68. The molecule has 0 spiro atoms. The van der Waals surface area contributed by atoms with Gasteiger partial charge in [0.2, 0.25) is 0 Å². The van der Waals surface area contributed by atoms with Crippen LogP contribution in [0.2, 0.25) is 0 Å². The molecule has 6 rings (SSSR count). The molecule has 0 N–H and O–H groups in total. The highest BCUT2D eigenvalue weighted by Crippen LogP contribution is 2.27. The summed E-state index contributed by atoms with van der Waals surface area (Å²) in [5.74, 6) is 0.619. The molecule has 0 atom stereocenters. The monoisotopic (exact) mass is 476 g/mol. The van der Waals surface area contributed by atoms with Crippen molar-refractivity contribution in [3.05, 3.63) is 84.9 Å². The van der Waals surface area contributed by atoms with Gasteiger partial charge >= 0.3 is 14.2 Å². The van der Waals surface area contributed by atoms with Crippen LogP contribution in [0.15, 0.2) is 84.9 Å². The molecule has 8 heteroatoms. The Hall–Kier alpha value is -3.29. The number of nitrogens with zero attached hydrogens (tertiary/aromatic N) is 2. The third kappa shape index (κ3) is 4.86. The predicted octanol–water partition coefficient (Wildman–Crippen LogP) is 3.74. The third-order valence-corrected chi connectivity index (χ3v) is 6.28. The second kappa shape index (κ2) is 9.64. The first-order valence-electron chi connectivity index (χ1n) is 12.2. The first kappa shape index (κ1) is 23.1. The largest absolute Gasteiger partial charge is 0.494 e. The molecule has 0 unspecified atom stereocenters. The molecule has 6 nitrogen and oxygen atoms in total. The lowest BCUT2D eigenvalue weighted by molar-refractivity contribution is 0.137. The summed E-state index contributed by atoms with van der Waals surface area (Å²) in [5.41, 5.74) is 6.06. The average molecular weight is 476 g/mol. The van der Waals surface area contributed by atoms with Crippen molar-refractivity contribution in [1.82, 2.24) is 9.97 Å². The van der Waals surface area contributed by atoms with Crippen molar-refractivity contribution in [3.63, 3.8) is 0 Å². The fraction of sp³-hybridized carbons (Fsp3) is 0.214. The van der Waals surface area contributed by atoms with E-state index >= 15 is 0 Å². The van der Waals surface area contributed by atoms with Crippen LogP contribution in [0.25, 0.3) is 33.9 Å². The van der Waals surface area contributed by atoms with Crippen molar-refractivity contribution >= 4 is 25.2 Å². The van der Waals surface area contributed by atoms with E-state index in [1.807, 2.05) is 74.5 Å². The van der Waals surface area contributed by atoms with Crippen LogP contribution in [-0.2, 0) is 18.6 Å². The molecule has 0 amide bonds. The Labute approximate surface area is 211 Å². The molecule has 1 aromatic heterocycles. The highest BCUT2D eigenvalue weighted by molar-refractivity contribution is 6.65. The lowest BCUT2D eigenvalue weighted by atomic mass is 9.71. The van der Waals surface area contributed by atoms with E-state index in [4.69, 9.17) is 28.6 Å². The van der Waals surface area contributed by atoms with Gasteiger partial charge in [-0.1, -0.05) is 78.9 Å². The molecular formula is C28H26B2N2O4. The van der Waals surface area contributed by atoms with Gasteiger partial charge in [0.05, 0.1) is 36.8 Å². The summed E-state index contributed by atoms with van der Waals surface area (Å²) in [4.78, 5) is 9.98. The van der Waals surface area contributed by atoms with E-state index in [0.29, 0.717) is 25.6 Å². The van der Waals surface area contributed by atoms with Crippen LogP contribution in [0.3, 0.4) is 0 Å². The van der Waals surface area contributed by atoms with Gasteiger partial charge in [0, 0.05) is 16.7 Å². The Kier molecular flexibility index (Phi) is 6.19. The molecule has 36 heavy (non-hydrogen) atoms. The number of aromatic nitrogens is 2. The van der Waals surface area contributed by atoms with Crippen molar-refractivity contribution in [2.75, 3.05) is 19.8 Å². The average Bonchev–Trinajstić information content (AvgIpc) is 3.59. The number of benzene rings is 3. The van der Waals surface area contributed by atoms with E-state index in [1.54, 1.807) is 0 Å². The maximum atomic E-state index is 6.18. The molecule has 3 aromatic carbocycles. The van der Waals surface area contributed by atoms with E-state index in [1.165, 1.54) is 0 Å². The molecule has 2 aliphatic rings. The van der Waals surface area contributed by atoms with Crippen molar-refractivity contribution in [2.24, 2.45) is 0 Å². The van der Waals surface area contributed by atoms with Crippen molar-refractivity contribution in [2.45, 2.75) is 19.4 Å². The number of hydrogen-bond acceptors (Lipinski definition) is 6. The predicted molar refractivity (Wildman–Crippen MR) is 142 cm³/mol. The Morgan fingerprint density at radius 2 is 1.19 bits per heavy atom. The van der Waals surface area contributed by atoms with Gasteiger partial charge < -0.3 is 18.6 Å². The van der Waals surface area contributed by atoms with E-state index < -0.39 is 14.2 Å². The molecule has 0 aliphatic carbocycles. The van der Waals surface area contributed by atoms with Gasteiger partial charge in [-0.25, -0.2) is 9.97 Å². The molecule has 3 heterocycles. The Bertz CT molecular complexity index is 1310. The van der Waals surface area contributed by atoms with E-state index in [-0.39, 0.29) is 5.60 Å². The third-order valence-electron chi connectivity index (χ3n) is 6.28. The smallest absolute Gasteiger partial charge is 0.405 e. The van der Waals surface area contributed by atoms with Crippen LogP contribution in [0, 0.1) is 0 Å². The molecule has 2 aliphatic heterocycles. The first-order chi connectivity index (χ1) is 17.5. The van der Waals surface area contributed by atoms with Crippen LogP contribution < -0.4 is 10.9 Å². The maximum absolute atomic E-state index is 6.18. The van der Waals surface area contributed by atoms with Gasteiger partial charge in [-0.15, -0.1) is 0 Å². The zero-order valence-corrected chi connectivity index (χ0v) is 20.4. The zero-order chi connectivity index (χ0) is 24.5. The Balaban J connectivity index is 1.50. The summed E-state index contributed by atoms with van der Waals surface area (Å²) < 4.78 is 23.8. The Morgan fingerprint density at radius 3 is 1.72 bits per heavy atom. The van der Waals surface area contributed by atoms with Gasteiger partial charge in [0.15, 0.2) is 5.82 Å². The summed E-state index contributed by atoms with van der Waals surface area (Å²) in [6.45, 7) is 5.70. The minimum Gasteiger partial charge on any atom is -0.405 e. The van der Waals surface area contributed by atoms with Crippen LogP contribution in [0.1, 0.15) is 13.8 Å². The Morgan fingerprint density at radius 1 is 0.639 bits per heavy atom. The van der Waals surface area contributed by atoms with E-state index in [2.05, 4.69) is 24.3 Å².